The molecule has 1 N–H and O–H groups in total. The van der Waals surface area contributed by atoms with Crippen molar-refractivity contribution in [2.24, 2.45) is 0 Å². The Bertz CT molecular complexity index is 487. The van der Waals surface area contributed by atoms with Crippen LogP contribution in [0.4, 0.5) is 0 Å². The normalized spacial score (nSPS) is 20.8. The molecule has 0 saturated carbocycles. The van der Waals surface area contributed by atoms with Crippen LogP contribution < -0.4 is 9.47 Å². The Labute approximate surface area is 119 Å². The van der Waals surface area contributed by atoms with Crippen molar-refractivity contribution < 1.29 is 19.4 Å². The van der Waals surface area contributed by atoms with Crippen molar-refractivity contribution in [2.75, 3.05) is 20.3 Å². The Morgan fingerprint density at radius 3 is 2.60 bits per heavy atom. The number of rotatable bonds is 4. The number of para-hydroxylation sites is 2. The molecule has 1 aromatic carbocycles. The third kappa shape index (κ3) is 2.72. The number of carbonyl (C=O) groups is 1. The van der Waals surface area contributed by atoms with Gasteiger partial charge in [-0.3, -0.25) is 4.79 Å². The highest BCUT2D eigenvalue weighted by molar-refractivity contribution is 5.79. The van der Waals surface area contributed by atoms with E-state index in [-0.39, 0.29) is 12.5 Å². The van der Waals surface area contributed by atoms with Crippen LogP contribution in [0, 0.1) is 0 Å². The molecule has 1 atom stereocenters. The molecule has 1 heterocycles. The molecule has 5 heteroatoms. The van der Waals surface area contributed by atoms with Gasteiger partial charge in [0.05, 0.1) is 18.8 Å². The van der Waals surface area contributed by atoms with Gasteiger partial charge in [0.15, 0.2) is 18.1 Å². The molecule has 0 bridgehead atoms. The summed E-state index contributed by atoms with van der Waals surface area (Å²) in [5.74, 6) is 1.01. The molecule has 0 radical (unpaired) electrons. The topological polar surface area (TPSA) is 59.0 Å². The third-order valence-corrected chi connectivity index (χ3v) is 3.86. The van der Waals surface area contributed by atoms with Crippen LogP contribution in [-0.4, -0.2) is 47.8 Å². The molecular weight excluding hydrogens is 258 g/mol. The average Bonchev–Trinajstić information content (AvgIpc) is 2.71. The van der Waals surface area contributed by atoms with Crippen LogP contribution >= 0.6 is 0 Å². The average molecular weight is 279 g/mol. The Morgan fingerprint density at radius 1 is 1.40 bits per heavy atom. The number of methoxy groups -OCH3 is 1. The van der Waals surface area contributed by atoms with E-state index in [4.69, 9.17) is 9.47 Å². The van der Waals surface area contributed by atoms with Crippen LogP contribution in [0.3, 0.4) is 0 Å². The first-order valence-electron chi connectivity index (χ1n) is 6.71. The summed E-state index contributed by atoms with van der Waals surface area (Å²) in [5.41, 5.74) is -0.540. The molecule has 20 heavy (non-hydrogen) atoms. The van der Waals surface area contributed by atoms with Gasteiger partial charge in [-0.25, -0.2) is 0 Å². The molecule has 1 aromatic rings. The van der Waals surface area contributed by atoms with Crippen LogP contribution in [0.2, 0.25) is 0 Å². The van der Waals surface area contributed by atoms with Crippen molar-refractivity contribution in [3.63, 3.8) is 0 Å². The van der Waals surface area contributed by atoms with Crippen LogP contribution in [0.15, 0.2) is 24.3 Å². The van der Waals surface area contributed by atoms with E-state index in [9.17, 15) is 9.90 Å². The largest absolute Gasteiger partial charge is 0.493 e. The molecule has 5 nitrogen and oxygen atoms in total. The Morgan fingerprint density at radius 2 is 2.05 bits per heavy atom. The molecule has 1 fully saturated rings. The summed E-state index contributed by atoms with van der Waals surface area (Å²) in [5, 5.41) is 9.89. The Kier molecular flexibility index (Phi) is 4.18. The van der Waals surface area contributed by atoms with Gasteiger partial charge >= 0.3 is 0 Å². The van der Waals surface area contributed by atoms with Crippen molar-refractivity contribution in [3.8, 4) is 11.5 Å². The maximum absolute atomic E-state index is 12.2. The molecule has 110 valence electrons. The van der Waals surface area contributed by atoms with Gasteiger partial charge in [0.25, 0.3) is 5.91 Å². The van der Waals surface area contributed by atoms with E-state index in [1.807, 2.05) is 26.0 Å². The van der Waals surface area contributed by atoms with Gasteiger partial charge in [-0.2, -0.15) is 0 Å². The number of aliphatic hydroxyl groups excluding tert-OH is 1. The van der Waals surface area contributed by atoms with Crippen LogP contribution in [0.5, 0.6) is 11.5 Å². The number of nitrogens with zero attached hydrogens (tertiary/aromatic N) is 1. The number of ether oxygens (including phenoxy) is 2. The van der Waals surface area contributed by atoms with E-state index in [0.717, 1.165) is 0 Å². The van der Waals surface area contributed by atoms with Gasteiger partial charge in [0.1, 0.15) is 0 Å². The second-order valence-electron chi connectivity index (χ2n) is 5.44. The summed E-state index contributed by atoms with van der Waals surface area (Å²) < 4.78 is 10.7. The highest BCUT2D eigenvalue weighted by atomic mass is 16.5. The number of amides is 1. The zero-order valence-electron chi connectivity index (χ0n) is 12.1. The van der Waals surface area contributed by atoms with Gasteiger partial charge in [0, 0.05) is 6.54 Å². The van der Waals surface area contributed by atoms with Crippen molar-refractivity contribution in [1.29, 1.82) is 0 Å². The summed E-state index contributed by atoms with van der Waals surface area (Å²) in [4.78, 5) is 13.9. The standard InChI is InChI=1S/C15H21NO4/c1-15(2)13(17)8-9-16(15)14(18)10-20-12-7-5-4-6-11(12)19-3/h4-7,13,17H,8-10H2,1-3H3. The van der Waals surface area contributed by atoms with Gasteiger partial charge in [0.2, 0.25) is 0 Å². The minimum absolute atomic E-state index is 0.0590. The van der Waals surface area contributed by atoms with E-state index in [0.29, 0.717) is 24.5 Å². The summed E-state index contributed by atoms with van der Waals surface area (Å²) in [7, 11) is 1.56. The molecule has 1 saturated heterocycles. The number of aliphatic hydroxyl groups is 1. The first kappa shape index (κ1) is 14.7. The van der Waals surface area contributed by atoms with Crippen molar-refractivity contribution in [3.05, 3.63) is 24.3 Å². The van der Waals surface area contributed by atoms with Crippen LogP contribution in [0.25, 0.3) is 0 Å². The smallest absolute Gasteiger partial charge is 0.261 e. The van der Waals surface area contributed by atoms with Gasteiger partial charge < -0.3 is 19.5 Å². The molecule has 1 aliphatic rings. The van der Waals surface area contributed by atoms with Crippen molar-refractivity contribution in [1.82, 2.24) is 4.90 Å². The molecule has 0 spiro atoms. The first-order chi connectivity index (χ1) is 9.46. The van der Waals surface area contributed by atoms with Crippen molar-refractivity contribution >= 4 is 5.91 Å². The lowest BCUT2D eigenvalue weighted by Crippen LogP contribution is -2.49. The minimum Gasteiger partial charge on any atom is -0.493 e. The second-order valence-corrected chi connectivity index (χ2v) is 5.44. The van der Waals surface area contributed by atoms with Gasteiger partial charge in [-0.05, 0) is 32.4 Å². The van der Waals surface area contributed by atoms with Crippen LogP contribution in [0.1, 0.15) is 20.3 Å². The molecule has 0 aliphatic carbocycles. The predicted octanol–water partition coefficient (Wildman–Crippen LogP) is 1.45. The van der Waals surface area contributed by atoms with Gasteiger partial charge in [-0.15, -0.1) is 0 Å². The number of likely N-dealkylation sites (tertiary alicyclic amines) is 1. The zero-order valence-corrected chi connectivity index (χ0v) is 12.1. The van der Waals surface area contributed by atoms with E-state index < -0.39 is 11.6 Å². The Balaban J connectivity index is 1.99. The minimum atomic E-state index is -0.540. The molecular formula is C15H21NO4. The lowest BCUT2D eigenvalue weighted by Gasteiger charge is -2.33. The SMILES string of the molecule is COc1ccccc1OCC(=O)N1CCC(O)C1(C)C. The zero-order chi connectivity index (χ0) is 14.8. The summed E-state index contributed by atoms with van der Waals surface area (Å²) in [6.45, 7) is 4.23. The summed E-state index contributed by atoms with van der Waals surface area (Å²) in [6, 6.07) is 7.21. The molecule has 1 amide bonds. The first-order valence-corrected chi connectivity index (χ1v) is 6.71. The maximum Gasteiger partial charge on any atom is 0.261 e. The summed E-state index contributed by atoms with van der Waals surface area (Å²) >= 11 is 0. The number of hydrogen-bond donors (Lipinski definition) is 1. The molecule has 2 rings (SSSR count). The fraction of sp³-hybridized carbons (Fsp3) is 0.533. The number of carbonyl (C=O) groups excluding carboxylic acids is 1. The van der Waals surface area contributed by atoms with Gasteiger partial charge in [-0.1, -0.05) is 12.1 Å². The van der Waals surface area contributed by atoms with Crippen LogP contribution in [-0.2, 0) is 4.79 Å². The van der Waals surface area contributed by atoms with E-state index >= 15 is 0 Å². The highest BCUT2D eigenvalue weighted by Crippen LogP contribution is 2.30. The number of benzene rings is 1. The lowest BCUT2D eigenvalue weighted by atomic mass is 9.99. The summed E-state index contributed by atoms with van der Waals surface area (Å²) in [6.07, 6.45) is 0.116. The second kappa shape index (κ2) is 5.71. The Hall–Kier alpha value is -1.75. The lowest BCUT2D eigenvalue weighted by molar-refractivity contribution is -0.138. The molecule has 1 aliphatic heterocycles. The monoisotopic (exact) mass is 279 g/mol. The predicted molar refractivity (Wildman–Crippen MR) is 74.9 cm³/mol. The van der Waals surface area contributed by atoms with E-state index in [1.54, 1.807) is 24.1 Å². The van der Waals surface area contributed by atoms with Crippen molar-refractivity contribution in [2.45, 2.75) is 31.9 Å². The van der Waals surface area contributed by atoms with E-state index in [1.165, 1.54) is 0 Å². The quantitative estimate of drug-likeness (QED) is 0.906. The maximum atomic E-state index is 12.2. The fourth-order valence-electron chi connectivity index (χ4n) is 2.47. The fourth-order valence-corrected chi connectivity index (χ4v) is 2.47. The third-order valence-electron chi connectivity index (χ3n) is 3.86. The molecule has 1 unspecified atom stereocenters. The number of hydrogen-bond acceptors (Lipinski definition) is 4. The molecule has 0 aromatic heterocycles. The van der Waals surface area contributed by atoms with E-state index in [2.05, 4.69) is 0 Å². The highest BCUT2D eigenvalue weighted by Gasteiger charge is 2.42.